The number of amides is 1. The monoisotopic (exact) mass is 281 g/mol. The van der Waals surface area contributed by atoms with Crippen LogP contribution in [0.5, 0.6) is 0 Å². The van der Waals surface area contributed by atoms with Gasteiger partial charge in [0.2, 0.25) is 5.76 Å². The Labute approximate surface area is 112 Å². The summed E-state index contributed by atoms with van der Waals surface area (Å²) in [5.74, 6) is -1.21. The minimum Gasteiger partial charge on any atom is -0.476 e. The molecule has 0 aliphatic carbocycles. The quantitative estimate of drug-likeness (QED) is 0.850. The van der Waals surface area contributed by atoms with Gasteiger partial charge in [0, 0.05) is 23.9 Å². The Morgan fingerprint density at radius 3 is 2.89 bits per heavy atom. The molecule has 0 aliphatic rings. The number of aromatic nitrogens is 2. The summed E-state index contributed by atoms with van der Waals surface area (Å²) in [7, 11) is 0. The van der Waals surface area contributed by atoms with Crippen LogP contribution in [-0.2, 0) is 6.42 Å². The van der Waals surface area contributed by atoms with E-state index in [1.807, 2.05) is 0 Å². The van der Waals surface area contributed by atoms with E-state index in [4.69, 9.17) is 9.63 Å². The van der Waals surface area contributed by atoms with E-state index in [9.17, 15) is 9.59 Å². The fourth-order valence-corrected chi connectivity index (χ4v) is 2.17. The third-order valence-corrected chi connectivity index (χ3v) is 3.26. The summed E-state index contributed by atoms with van der Waals surface area (Å²) < 4.78 is 4.81. The zero-order valence-corrected chi connectivity index (χ0v) is 10.9. The van der Waals surface area contributed by atoms with Gasteiger partial charge in [0.05, 0.1) is 11.2 Å². The number of carbonyl (C=O) groups is 2. The Hall–Kier alpha value is -2.22. The molecule has 0 fully saturated rings. The second kappa shape index (κ2) is 5.61. The smallest absolute Gasteiger partial charge is 0.355 e. The van der Waals surface area contributed by atoms with Crippen molar-refractivity contribution < 1.29 is 19.2 Å². The maximum atomic E-state index is 11.7. The van der Waals surface area contributed by atoms with Gasteiger partial charge in [-0.3, -0.25) is 4.79 Å². The highest BCUT2D eigenvalue weighted by atomic mass is 32.1. The van der Waals surface area contributed by atoms with E-state index in [1.54, 1.807) is 6.92 Å². The summed E-state index contributed by atoms with van der Waals surface area (Å²) >= 11 is 1.25. The molecular weight excluding hydrogens is 270 g/mol. The van der Waals surface area contributed by atoms with Gasteiger partial charge in [-0.25, -0.2) is 9.78 Å². The predicted octanol–water partition coefficient (Wildman–Crippen LogP) is 1.11. The Morgan fingerprint density at radius 2 is 2.32 bits per heavy atom. The van der Waals surface area contributed by atoms with Crippen LogP contribution >= 0.6 is 11.3 Å². The van der Waals surface area contributed by atoms with Crippen LogP contribution in [0.3, 0.4) is 0 Å². The summed E-state index contributed by atoms with van der Waals surface area (Å²) in [6, 6.07) is 0. The zero-order chi connectivity index (χ0) is 13.8. The topological polar surface area (TPSA) is 105 Å². The molecule has 19 heavy (non-hydrogen) atoms. The number of rotatable bonds is 5. The Bertz CT molecular complexity index is 605. The average molecular weight is 281 g/mol. The maximum absolute atomic E-state index is 11.7. The normalized spacial score (nSPS) is 10.4. The van der Waals surface area contributed by atoms with Crippen molar-refractivity contribution in [2.24, 2.45) is 0 Å². The van der Waals surface area contributed by atoms with Gasteiger partial charge in [-0.1, -0.05) is 5.16 Å². The Balaban J connectivity index is 1.85. The number of hydrogen-bond acceptors (Lipinski definition) is 6. The van der Waals surface area contributed by atoms with Crippen molar-refractivity contribution in [3.05, 3.63) is 33.6 Å². The first-order valence-corrected chi connectivity index (χ1v) is 6.33. The highest BCUT2D eigenvalue weighted by Gasteiger charge is 2.14. The zero-order valence-electron chi connectivity index (χ0n) is 10.0. The third-order valence-electron chi connectivity index (χ3n) is 2.35. The van der Waals surface area contributed by atoms with Crippen molar-refractivity contribution in [1.29, 1.82) is 0 Å². The Kier molecular flexibility index (Phi) is 3.91. The summed E-state index contributed by atoms with van der Waals surface area (Å²) in [5.41, 5.74) is 0.692. The van der Waals surface area contributed by atoms with Crippen molar-refractivity contribution >= 4 is 23.2 Å². The Morgan fingerprint density at radius 1 is 1.53 bits per heavy atom. The summed E-state index contributed by atoms with van der Waals surface area (Å²) in [6.45, 7) is 2.08. The molecule has 0 atom stereocenters. The summed E-state index contributed by atoms with van der Waals surface area (Å²) in [5, 5.41) is 17.0. The molecule has 8 heteroatoms. The highest BCUT2D eigenvalue weighted by molar-refractivity contribution is 7.09. The molecule has 0 radical (unpaired) electrons. The fourth-order valence-electron chi connectivity index (χ4n) is 1.40. The molecule has 0 bridgehead atoms. The van der Waals surface area contributed by atoms with Crippen LogP contribution in [-0.4, -0.2) is 33.7 Å². The second-order valence-corrected chi connectivity index (χ2v) is 4.72. The van der Waals surface area contributed by atoms with Gasteiger partial charge < -0.3 is 14.9 Å². The van der Waals surface area contributed by atoms with E-state index in [1.165, 1.54) is 22.9 Å². The van der Waals surface area contributed by atoms with Crippen molar-refractivity contribution in [2.75, 3.05) is 6.54 Å². The lowest BCUT2D eigenvalue weighted by atomic mass is 10.3. The SMILES string of the molecule is Cc1cnoc1C(=O)NCCc1nc(C(=O)O)cs1. The second-order valence-electron chi connectivity index (χ2n) is 3.78. The molecule has 2 aromatic rings. The van der Waals surface area contributed by atoms with E-state index in [0.29, 0.717) is 23.5 Å². The maximum Gasteiger partial charge on any atom is 0.355 e. The van der Waals surface area contributed by atoms with Crippen LogP contribution < -0.4 is 5.32 Å². The molecule has 0 saturated carbocycles. The number of thiazole rings is 1. The standard InChI is InChI=1S/C11H11N3O4S/c1-6-4-13-18-9(6)10(15)12-3-2-8-14-7(5-19-8)11(16)17/h4-5H,2-3H2,1H3,(H,12,15)(H,16,17). The highest BCUT2D eigenvalue weighted by Crippen LogP contribution is 2.10. The van der Waals surface area contributed by atoms with Crippen molar-refractivity contribution in [1.82, 2.24) is 15.5 Å². The molecule has 100 valence electrons. The van der Waals surface area contributed by atoms with E-state index >= 15 is 0 Å². The van der Waals surface area contributed by atoms with Gasteiger partial charge in [0.15, 0.2) is 5.69 Å². The van der Waals surface area contributed by atoms with Crippen LogP contribution in [0.15, 0.2) is 16.1 Å². The van der Waals surface area contributed by atoms with Crippen LogP contribution in [0.2, 0.25) is 0 Å². The molecule has 0 unspecified atom stereocenters. The minimum absolute atomic E-state index is 0.0254. The van der Waals surface area contributed by atoms with Gasteiger partial charge >= 0.3 is 5.97 Å². The molecule has 2 rings (SSSR count). The van der Waals surface area contributed by atoms with E-state index in [0.717, 1.165) is 0 Å². The molecule has 0 saturated heterocycles. The van der Waals surface area contributed by atoms with Gasteiger partial charge in [0.1, 0.15) is 0 Å². The van der Waals surface area contributed by atoms with Gasteiger partial charge in [0.25, 0.3) is 5.91 Å². The van der Waals surface area contributed by atoms with E-state index in [-0.39, 0.29) is 17.4 Å². The molecule has 0 aromatic carbocycles. The minimum atomic E-state index is -1.05. The molecular formula is C11H11N3O4S. The average Bonchev–Trinajstić information content (AvgIpc) is 2.97. The summed E-state index contributed by atoms with van der Waals surface area (Å²) in [6.07, 6.45) is 1.94. The van der Waals surface area contributed by atoms with Crippen LogP contribution in [0.4, 0.5) is 0 Å². The number of aromatic carboxylic acids is 1. The molecule has 2 heterocycles. The van der Waals surface area contributed by atoms with Crippen LogP contribution in [0, 0.1) is 6.92 Å². The lowest BCUT2D eigenvalue weighted by molar-refractivity contribution is 0.0690. The van der Waals surface area contributed by atoms with Crippen LogP contribution in [0.25, 0.3) is 0 Å². The van der Waals surface area contributed by atoms with Gasteiger partial charge in [-0.2, -0.15) is 0 Å². The molecule has 2 aromatic heterocycles. The van der Waals surface area contributed by atoms with Gasteiger partial charge in [-0.15, -0.1) is 11.3 Å². The first-order chi connectivity index (χ1) is 9.08. The number of aryl methyl sites for hydroxylation is 1. The molecule has 2 N–H and O–H groups in total. The number of nitrogens with zero attached hydrogens (tertiary/aromatic N) is 2. The molecule has 0 spiro atoms. The molecule has 7 nitrogen and oxygen atoms in total. The molecule has 0 aliphatic heterocycles. The van der Waals surface area contributed by atoms with Crippen molar-refractivity contribution in [2.45, 2.75) is 13.3 Å². The van der Waals surface area contributed by atoms with Crippen LogP contribution in [0.1, 0.15) is 31.6 Å². The lowest BCUT2D eigenvalue weighted by Crippen LogP contribution is -2.25. The first kappa shape index (κ1) is 13.2. The largest absolute Gasteiger partial charge is 0.476 e. The summed E-state index contributed by atoms with van der Waals surface area (Å²) in [4.78, 5) is 26.2. The fraction of sp³-hybridized carbons (Fsp3) is 0.273. The number of carboxylic acids is 1. The third kappa shape index (κ3) is 3.16. The number of carbonyl (C=O) groups excluding carboxylic acids is 1. The number of hydrogen-bond donors (Lipinski definition) is 2. The first-order valence-electron chi connectivity index (χ1n) is 5.45. The lowest BCUT2D eigenvalue weighted by Gasteiger charge is -2.01. The van der Waals surface area contributed by atoms with E-state index < -0.39 is 5.97 Å². The van der Waals surface area contributed by atoms with Gasteiger partial charge in [-0.05, 0) is 6.92 Å². The van der Waals surface area contributed by atoms with Crippen molar-refractivity contribution in [3.8, 4) is 0 Å². The predicted molar refractivity (Wildman–Crippen MR) is 66.4 cm³/mol. The van der Waals surface area contributed by atoms with E-state index in [2.05, 4.69) is 15.5 Å². The number of nitrogens with one attached hydrogen (secondary N) is 1. The van der Waals surface area contributed by atoms with Crippen molar-refractivity contribution in [3.63, 3.8) is 0 Å². The molecule has 1 amide bonds. The number of carboxylic acid groups (broad SMARTS) is 1.